The molecule has 1 heterocycles. The predicted octanol–water partition coefficient (Wildman–Crippen LogP) is -0.632. The van der Waals surface area contributed by atoms with Gasteiger partial charge >= 0.3 is 5.97 Å². The number of likely N-dealkylation sites (tertiary alicyclic amines) is 1. The van der Waals surface area contributed by atoms with Gasteiger partial charge in [-0.15, -0.1) is 0 Å². The minimum Gasteiger partial charge on any atom is -0.481 e. The van der Waals surface area contributed by atoms with Crippen LogP contribution in [0.15, 0.2) is 0 Å². The fraction of sp³-hybridized carbons (Fsp3) is 0.700. The Kier molecular flexibility index (Phi) is 4.00. The monoisotopic (exact) mass is 228 g/mol. The van der Waals surface area contributed by atoms with Gasteiger partial charge in [-0.25, -0.2) is 0 Å². The van der Waals surface area contributed by atoms with Crippen LogP contribution in [0.3, 0.4) is 0 Å². The fourth-order valence-corrected chi connectivity index (χ4v) is 1.94. The number of aliphatic carboxylic acids is 1. The smallest absolute Gasteiger partial charge is 0.305 e. The van der Waals surface area contributed by atoms with Gasteiger partial charge in [0.05, 0.1) is 18.5 Å². The summed E-state index contributed by atoms with van der Waals surface area (Å²) in [4.78, 5) is 34.9. The number of carbonyl (C=O) groups is 3. The average Bonchev–Trinajstić information content (AvgIpc) is 2.63. The van der Waals surface area contributed by atoms with Gasteiger partial charge in [0.15, 0.2) is 5.78 Å². The molecule has 0 aliphatic carbocycles. The predicted molar refractivity (Wildman–Crippen MR) is 55.6 cm³/mol. The molecule has 1 saturated heterocycles. The fourth-order valence-electron chi connectivity index (χ4n) is 1.94. The molecule has 16 heavy (non-hydrogen) atoms. The van der Waals surface area contributed by atoms with Crippen LogP contribution in [0.4, 0.5) is 0 Å². The van der Waals surface area contributed by atoms with Crippen molar-refractivity contribution < 1.29 is 19.5 Å². The number of carboxylic acid groups (broad SMARTS) is 1. The van der Waals surface area contributed by atoms with Gasteiger partial charge in [-0.05, 0) is 19.8 Å². The van der Waals surface area contributed by atoms with Crippen LogP contribution in [-0.4, -0.2) is 46.3 Å². The second kappa shape index (κ2) is 5.07. The van der Waals surface area contributed by atoms with Crippen molar-refractivity contribution in [1.29, 1.82) is 0 Å². The highest BCUT2D eigenvalue weighted by molar-refractivity contribution is 5.91. The Morgan fingerprint density at radius 2 is 2.12 bits per heavy atom. The lowest BCUT2D eigenvalue weighted by atomic mass is 10.1. The number of Topliss-reactive ketones (excluding diaryl/α,β-unsaturated/α-hetero) is 1. The largest absolute Gasteiger partial charge is 0.481 e. The maximum Gasteiger partial charge on any atom is 0.305 e. The van der Waals surface area contributed by atoms with Crippen LogP contribution in [-0.2, 0) is 14.4 Å². The third-order valence-electron chi connectivity index (χ3n) is 2.72. The molecule has 0 aromatic rings. The summed E-state index contributed by atoms with van der Waals surface area (Å²) in [6.45, 7) is 1.91. The molecule has 1 fully saturated rings. The van der Waals surface area contributed by atoms with Crippen molar-refractivity contribution in [3.63, 3.8) is 0 Å². The molecule has 1 aliphatic rings. The van der Waals surface area contributed by atoms with Gasteiger partial charge in [0.2, 0.25) is 5.91 Å². The van der Waals surface area contributed by atoms with E-state index in [0.717, 1.165) is 6.42 Å². The van der Waals surface area contributed by atoms with Crippen molar-refractivity contribution in [3.8, 4) is 0 Å². The van der Waals surface area contributed by atoms with E-state index in [2.05, 4.69) is 0 Å². The van der Waals surface area contributed by atoms with E-state index < -0.39 is 30.4 Å². The first-order chi connectivity index (χ1) is 7.43. The topological polar surface area (TPSA) is 101 Å². The highest BCUT2D eigenvalue weighted by Gasteiger charge is 2.34. The molecule has 0 spiro atoms. The van der Waals surface area contributed by atoms with E-state index in [1.165, 1.54) is 11.8 Å². The number of rotatable bonds is 4. The third-order valence-corrected chi connectivity index (χ3v) is 2.72. The first-order valence-corrected chi connectivity index (χ1v) is 5.21. The lowest BCUT2D eigenvalue weighted by molar-refractivity contribution is -0.143. The van der Waals surface area contributed by atoms with Crippen LogP contribution in [0, 0.1) is 0 Å². The van der Waals surface area contributed by atoms with E-state index in [4.69, 9.17) is 10.8 Å². The normalized spacial score (nSPS) is 21.9. The molecule has 1 aliphatic heterocycles. The summed E-state index contributed by atoms with van der Waals surface area (Å²) in [5, 5.41) is 8.53. The maximum absolute atomic E-state index is 11.8. The van der Waals surface area contributed by atoms with E-state index in [0.29, 0.717) is 13.0 Å². The van der Waals surface area contributed by atoms with Crippen molar-refractivity contribution in [2.45, 2.75) is 38.3 Å². The summed E-state index contributed by atoms with van der Waals surface area (Å²) < 4.78 is 0. The van der Waals surface area contributed by atoms with Gasteiger partial charge in [0, 0.05) is 6.54 Å². The lowest BCUT2D eigenvalue weighted by Gasteiger charge is -2.25. The van der Waals surface area contributed by atoms with Gasteiger partial charge in [-0.2, -0.15) is 0 Å². The summed E-state index contributed by atoms with van der Waals surface area (Å²) in [7, 11) is 0. The van der Waals surface area contributed by atoms with Crippen LogP contribution >= 0.6 is 0 Å². The summed E-state index contributed by atoms with van der Waals surface area (Å²) in [5.74, 6) is -1.63. The van der Waals surface area contributed by atoms with Gasteiger partial charge in [-0.3, -0.25) is 14.4 Å². The molecule has 0 radical (unpaired) electrons. The second-order valence-corrected chi connectivity index (χ2v) is 4.00. The van der Waals surface area contributed by atoms with Crippen molar-refractivity contribution in [1.82, 2.24) is 4.90 Å². The number of carboxylic acids is 1. The van der Waals surface area contributed by atoms with Crippen molar-refractivity contribution in [2.24, 2.45) is 5.73 Å². The van der Waals surface area contributed by atoms with E-state index in [1.807, 2.05) is 0 Å². The van der Waals surface area contributed by atoms with E-state index in [9.17, 15) is 14.4 Å². The van der Waals surface area contributed by atoms with E-state index in [-0.39, 0.29) is 5.78 Å². The van der Waals surface area contributed by atoms with E-state index >= 15 is 0 Å². The zero-order chi connectivity index (χ0) is 12.3. The number of ketones is 1. The number of nitrogens with zero attached hydrogens (tertiary/aromatic N) is 1. The maximum atomic E-state index is 11.8. The first kappa shape index (κ1) is 12.6. The highest BCUT2D eigenvalue weighted by Crippen LogP contribution is 2.19. The average molecular weight is 228 g/mol. The molecular weight excluding hydrogens is 212 g/mol. The second-order valence-electron chi connectivity index (χ2n) is 4.00. The van der Waals surface area contributed by atoms with Gasteiger partial charge < -0.3 is 15.7 Å². The molecule has 0 bridgehead atoms. The van der Waals surface area contributed by atoms with Crippen LogP contribution in [0.25, 0.3) is 0 Å². The first-order valence-electron chi connectivity index (χ1n) is 5.21. The minimum atomic E-state index is -1.11. The Balaban J connectivity index is 2.65. The Labute approximate surface area is 93.4 Å². The van der Waals surface area contributed by atoms with Gasteiger partial charge in [-0.1, -0.05) is 0 Å². The zero-order valence-electron chi connectivity index (χ0n) is 9.18. The molecule has 1 amide bonds. The molecule has 0 unspecified atom stereocenters. The van der Waals surface area contributed by atoms with Crippen molar-refractivity contribution in [2.75, 3.05) is 6.54 Å². The summed E-state index contributed by atoms with van der Waals surface area (Å²) in [5.41, 5.74) is 5.48. The SMILES string of the molecule is CC(=O)[C@@H]1CCCN1C(=O)[C@@H](N)CC(=O)O. The van der Waals surface area contributed by atoms with Gasteiger partial charge in [0.25, 0.3) is 0 Å². The molecule has 0 aromatic heterocycles. The molecule has 2 atom stereocenters. The Morgan fingerprint density at radius 1 is 1.50 bits per heavy atom. The number of hydrogen-bond donors (Lipinski definition) is 2. The van der Waals surface area contributed by atoms with Crippen LogP contribution in [0.1, 0.15) is 26.2 Å². The van der Waals surface area contributed by atoms with Crippen molar-refractivity contribution >= 4 is 17.7 Å². The molecular formula is C10H16N2O4. The standard InChI is InChI=1S/C10H16N2O4/c1-6(13)8-3-2-4-12(8)10(16)7(11)5-9(14)15/h7-8H,2-5,11H2,1H3,(H,14,15)/t7-,8-/m0/s1. The molecule has 90 valence electrons. The molecule has 6 nitrogen and oxygen atoms in total. The third kappa shape index (κ3) is 2.79. The summed E-state index contributed by atoms with van der Waals surface area (Å²) in [6, 6.07) is -1.48. The molecule has 3 N–H and O–H groups in total. The Morgan fingerprint density at radius 3 is 2.62 bits per heavy atom. The molecule has 1 rings (SSSR count). The number of amides is 1. The number of carbonyl (C=O) groups excluding carboxylic acids is 2. The molecule has 0 aromatic carbocycles. The summed E-state index contributed by atoms with van der Waals surface area (Å²) in [6.07, 6.45) is 0.997. The summed E-state index contributed by atoms with van der Waals surface area (Å²) >= 11 is 0. The quantitative estimate of drug-likeness (QED) is 0.667. The number of hydrogen-bond acceptors (Lipinski definition) is 4. The zero-order valence-corrected chi connectivity index (χ0v) is 9.18. The van der Waals surface area contributed by atoms with Crippen molar-refractivity contribution in [3.05, 3.63) is 0 Å². The van der Waals surface area contributed by atoms with Crippen LogP contribution < -0.4 is 5.73 Å². The minimum absolute atomic E-state index is 0.0756. The number of nitrogens with two attached hydrogens (primary N) is 1. The molecule has 6 heteroatoms. The Hall–Kier alpha value is -1.43. The highest BCUT2D eigenvalue weighted by atomic mass is 16.4. The van der Waals surface area contributed by atoms with E-state index in [1.54, 1.807) is 0 Å². The van der Waals surface area contributed by atoms with Gasteiger partial charge in [0.1, 0.15) is 0 Å². The molecule has 0 saturated carbocycles. The lowest BCUT2D eigenvalue weighted by Crippen LogP contribution is -2.48. The van der Waals surface area contributed by atoms with Crippen LogP contribution in [0.2, 0.25) is 0 Å². The van der Waals surface area contributed by atoms with Crippen LogP contribution in [0.5, 0.6) is 0 Å². The Bertz CT molecular complexity index is 316.